The lowest BCUT2D eigenvalue weighted by atomic mass is 10.0. The normalized spacial score (nSPS) is 11.9. The number of ether oxygens (including phenoxy) is 1. The molecule has 2 aromatic rings. The van der Waals surface area contributed by atoms with Crippen molar-refractivity contribution in [1.29, 1.82) is 0 Å². The molecular formula is C19H22ClNO2. The first-order valence-electron chi connectivity index (χ1n) is 7.62. The molecule has 1 atom stereocenters. The summed E-state index contributed by atoms with van der Waals surface area (Å²) in [5.41, 5.74) is 4.47. The van der Waals surface area contributed by atoms with Crippen molar-refractivity contribution in [2.75, 3.05) is 6.61 Å². The van der Waals surface area contributed by atoms with Crippen LogP contribution in [0.3, 0.4) is 0 Å². The monoisotopic (exact) mass is 331 g/mol. The Morgan fingerprint density at radius 3 is 2.48 bits per heavy atom. The average molecular weight is 332 g/mol. The van der Waals surface area contributed by atoms with E-state index in [1.54, 1.807) is 12.1 Å². The van der Waals surface area contributed by atoms with E-state index in [1.807, 2.05) is 26.0 Å². The van der Waals surface area contributed by atoms with E-state index in [-0.39, 0.29) is 18.6 Å². The Morgan fingerprint density at radius 2 is 1.83 bits per heavy atom. The summed E-state index contributed by atoms with van der Waals surface area (Å²) in [6.07, 6.45) is 0. The van der Waals surface area contributed by atoms with Gasteiger partial charge in [-0.25, -0.2) is 0 Å². The molecule has 122 valence electrons. The Labute approximate surface area is 142 Å². The number of hydrogen-bond acceptors (Lipinski definition) is 2. The lowest BCUT2D eigenvalue weighted by Gasteiger charge is -2.16. The molecule has 0 fully saturated rings. The fourth-order valence-corrected chi connectivity index (χ4v) is 2.37. The van der Waals surface area contributed by atoms with Gasteiger partial charge in [0.2, 0.25) is 0 Å². The molecule has 3 nitrogen and oxygen atoms in total. The number of aryl methyl sites for hydroxylation is 3. The zero-order chi connectivity index (χ0) is 17.0. The largest absolute Gasteiger partial charge is 0.484 e. The lowest BCUT2D eigenvalue weighted by molar-refractivity contribution is -0.123. The van der Waals surface area contributed by atoms with Crippen LogP contribution in [0.15, 0.2) is 36.4 Å². The quantitative estimate of drug-likeness (QED) is 0.874. The Balaban J connectivity index is 1.90. The molecular weight excluding hydrogens is 310 g/mol. The van der Waals surface area contributed by atoms with Gasteiger partial charge in [-0.2, -0.15) is 0 Å². The number of rotatable bonds is 5. The third kappa shape index (κ3) is 4.73. The third-order valence-electron chi connectivity index (χ3n) is 3.91. The first kappa shape index (κ1) is 17.4. The Kier molecular flexibility index (Phi) is 5.67. The third-order valence-corrected chi connectivity index (χ3v) is 4.33. The molecule has 0 radical (unpaired) electrons. The minimum atomic E-state index is -0.150. The highest BCUT2D eigenvalue weighted by atomic mass is 35.5. The predicted octanol–water partition coefficient (Wildman–Crippen LogP) is 4.52. The van der Waals surface area contributed by atoms with Crippen LogP contribution in [0.1, 0.15) is 35.2 Å². The highest BCUT2D eigenvalue weighted by molar-refractivity contribution is 6.31. The van der Waals surface area contributed by atoms with E-state index >= 15 is 0 Å². The molecule has 2 aromatic carbocycles. The SMILES string of the molecule is Cc1ccc([C@H](C)NC(=O)COc2ccc(Cl)c(C)c2)cc1C. The number of carbonyl (C=O) groups is 1. The number of nitrogens with one attached hydrogen (secondary N) is 1. The first-order valence-corrected chi connectivity index (χ1v) is 8.00. The molecule has 1 N–H and O–H groups in total. The maximum atomic E-state index is 12.0. The maximum Gasteiger partial charge on any atom is 0.258 e. The summed E-state index contributed by atoms with van der Waals surface area (Å²) in [4.78, 5) is 12.0. The number of amides is 1. The number of benzene rings is 2. The Morgan fingerprint density at radius 1 is 1.09 bits per heavy atom. The zero-order valence-corrected chi connectivity index (χ0v) is 14.7. The molecule has 0 bridgehead atoms. The molecule has 0 aliphatic rings. The van der Waals surface area contributed by atoms with Crippen LogP contribution in [-0.2, 0) is 4.79 Å². The van der Waals surface area contributed by atoms with Gasteiger partial charge in [0, 0.05) is 5.02 Å². The van der Waals surface area contributed by atoms with Crippen LogP contribution < -0.4 is 10.1 Å². The van der Waals surface area contributed by atoms with Crippen molar-refractivity contribution in [2.24, 2.45) is 0 Å². The van der Waals surface area contributed by atoms with Gasteiger partial charge >= 0.3 is 0 Å². The van der Waals surface area contributed by atoms with Gasteiger partial charge in [0.15, 0.2) is 6.61 Å². The van der Waals surface area contributed by atoms with Crippen molar-refractivity contribution >= 4 is 17.5 Å². The maximum absolute atomic E-state index is 12.0. The topological polar surface area (TPSA) is 38.3 Å². The summed E-state index contributed by atoms with van der Waals surface area (Å²) in [6, 6.07) is 11.5. The molecule has 0 aromatic heterocycles. The summed E-state index contributed by atoms with van der Waals surface area (Å²) < 4.78 is 5.51. The summed E-state index contributed by atoms with van der Waals surface area (Å²) in [6.45, 7) is 7.99. The highest BCUT2D eigenvalue weighted by Crippen LogP contribution is 2.21. The van der Waals surface area contributed by atoms with E-state index in [9.17, 15) is 4.79 Å². The zero-order valence-electron chi connectivity index (χ0n) is 13.9. The molecule has 2 rings (SSSR count). The van der Waals surface area contributed by atoms with E-state index in [0.29, 0.717) is 10.8 Å². The van der Waals surface area contributed by atoms with Crippen molar-refractivity contribution in [3.8, 4) is 5.75 Å². The van der Waals surface area contributed by atoms with Crippen LogP contribution in [0.4, 0.5) is 0 Å². The lowest BCUT2D eigenvalue weighted by Crippen LogP contribution is -2.31. The van der Waals surface area contributed by atoms with Gasteiger partial charge in [-0.1, -0.05) is 29.8 Å². The smallest absolute Gasteiger partial charge is 0.258 e. The standard InChI is InChI=1S/C19H22ClNO2/c1-12-5-6-16(9-13(12)2)15(4)21-19(22)11-23-17-7-8-18(20)14(3)10-17/h5-10,15H,11H2,1-4H3,(H,21,22)/t15-/m0/s1. The second kappa shape index (κ2) is 7.51. The van der Waals surface area contributed by atoms with E-state index in [1.165, 1.54) is 11.1 Å². The molecule has 1 amide bonds. The van der Waals surface area contributed by atoms with Crippen molar-refractivity contribution in [3.63, 3.8) is 0 Å². The molecule has 0 heterocycles. The Bertz CT molecular complexity index is 713. The first-order chi connectivity index (χ1) is 10.9. The van der Waals surface area contributed by atoms with Gasteiger partial charge in [0.1, 0.15) is 5.75 Å². The predicted molar refractivity (Wildman–Crippen MR) is 94.2 cm³/mol. The van der Waals surface area contributed by atoms with Crippen LogP contribution in [0.25, 0.3) is 0 Å². The fourth-order valence-electron chi connectivity index (χ4n) is 2.26. The van der Waals surface area contributed by atoms with Gasteiger partial charge < -0.3 is 10.1 Å². The average Bonchev–Trinajstić information content (AvgIpc) is 2.51. The summed E-state index contributed by atoms with van der Waals surface area (Å²) in [7, 11) is 0. The van der Waals surface area contributed by atoms with Gasteiger partial charge in [-0.3, -0.25) is 4.79 Å². The number of carbonyl (C=O) groups excluding carboxylic acids is 1. The van der Waals surface area contributed by atoms with Gasteiger partial charge in [0.05, 0.1) is 6.04 Å². The minimum absolute atomic E-state index is 0.0176. The molecule has 0 aliphatic heterocycles. The summed E-state index contributed by atoms with van der Waals surface area (Å²) >= 11 is 5.97. The molecule has 0 spiro atoms. The van der Waals surface area contributed by atoms with Crippen LogP contribution >= 0.6 is 11.6 Å². The highest BCUT2D eigenvalue weighted by Gasteiger charge is 2.11. The van der Waals surface area contributed by atoms with Crippen molar-refractivity contribution < 1.29 is 9.53 Å². The van der Waals surface area contributed by atoms with Crippen LogP contribution in [-0.4, -0.2) is 12.5 Å². The van der Waals surface area contributed by atoms with Gasteiger partial charge in [-0.05, 0) is 68.1 Å². The number of hydrogen-bond donors (Lipinski definition) is 1. The molecule has 0 unspecified atom stereocenters. The van der Waals surface area contributed by atoms with Crippen LogP contribution in [0.2, 0.25) is 5.02 Å². The second-order valence-corrected chi connectivity index (χ2v) is 6.24. The van der Waals surface area contributed by atoms with E-state index in [0.717, 1.165) is 11.1 Å². The van der Waals surface area contributed by atoms with E-state index in [2.05, 4.69) is 31.3 Å². The second-order valence-electron chi connectivity index (χ2n) is 5.83. The Hall–Kier alpha value is -2.00. The van der Waals surface area contributed by atoms with Crippen LogP contribution in [0, 0.1) is 20.8 Å². The van der Waals surface area contributed by atoms with Gasteiger partial charge in [-0.15, -0.1) is 0 Å². The van der Waals surface area contributed by atoms with Crippen molar-refractivity contribution in [1.82, 2.24) is 5.32 Å². The number of halogens is 1. The van der Waals surface area contributed by atoms with E-state index in [4.69, 9.17) is 16.3 Å². The van der Waals surface area contributed by atoms with Crippen molar-refractivity contribution in [3.05, 3.63) is 63.7 Å². The summed E-state index contributed by atoms with van der Waals surface area (Å²) in [5, 5.41) is 3.63. The minimum Gasteiger partial charge on any atom is -0.484 e. The van der Waals surface area contributed by atoms with E-state index < -0.39 is 0 Å². The summed E-state index contributed by atoms with van der Waals surface area (Å²) in [5.74, 6) is 0.490. The molecule has 0 saturated carbocycles. The molecule has 23 heavy (non-hydrogen) atoms. The van der Waals surface area contributed by atoms with Gasteiger partial charge in [0.25, 0.3) is 5.91 Å². The van der Waals surface area contributed by atoms with Crippen molar-refractivity contribution in [2.45, 2.75) is 33.7 Å². The van der Waals surface area contributed by atoms with Crippen LogP contribution in [0.5, 0.6) is 5.75 Å². The molecule has 0 saturated heterocycles. The fraction of sp³-hybridized carbons (Fsp3) is 0.316. The molecule has 4 heteroatoms. The molecule has 0 aliphatic carbocycles.